The molecule has 10 nitrogen and oxygen atoms in total. The van der Waals surface area contributed by atoms with Crippen LogP contribution in [0.25, 0.3) is 0 Å². The number of nitrogens with zero attached hydrogens (tertiary/aromatic N) is 2. The lowest BCUT2D eigenvalue weighted by Gasteiger charge is -2.27. The molecule has 0 spiro atoms. The molecule has 0 radical (unpaired) electrons. The highest BCUT2D eigenvalue weighted by molar-refractivity contribution is 5.93. The van der Waals surface area contributed by atoms with E-state index in [1.54, 1.807) is 11.9 Å². The summed E-state index contributed by atoms with van der Waals surface area (Å²) in [7, 11) is 3.41. The number of rotatable bonds is 13. The van der Waals surface area contributed by atoms with Gasteiger partial charge >= 0.3 is 0 Å². The molecule has 0 heterocycles. The fourth-order valence-electron chi connectivity index (χ4n) is 3.26. The van der Waals surface area contributed by atoms with Crippen molar-refractivity contribution in [1.29, 1.82) is 0 Å². The molecule has 0 bridgehead atoms. The molecular weight excluding hydrogens is 422 g/mol. The summed E-state index contributed by atoms with van der Waals surface area (Å²) in [6.07, 6.45) is 1.95. The molecular formula is C23H39N7O3. The minimum atomic E-state index is -0.891. The van der Waals surface area contributed by atoms with Gasteiger partial charge in [-0.3, -0.25) is 19.4 Å². The number of primary amides is 1. The molecule has 33 heavy (non-hydrogen) atoms. The van der Waals surface area contributed by atoms with Crippen molar-refractivity contribution in [2.75, 3.05) is 20.6 Å². The van der Waals surface area contributed by atoms with Gasteiger partial charge < -0.3 is 32.7 Å². The van der Waals surface area contributed by atoms with Crippen molar-refractivity contribution in [2.45, 2.75) is 57.7 Å². The van der Waals surface area contributed by atoms with E-state index < -0.39 is 35.8 Å². The number of carbonyl (C=O) groups is 3. The molecule has 0 saturated carbocycles. The third-order valence-corrected chi connectivity index (χ3v) is 5.70. The van der Waals surface area contributed by atoms with Crippen LogP contribution in [-0.2, 0) is 20.8 Å². The molecule has 0 fully saturated rings. The smallest absolute Gasteiger partial charge is 0.243 e. The molecule has 1 unspecified atom stereocenters. The molecule has 3 amide bonds. The second-order valence-corrected chi connectivity index (χ2v) is 8.28. The van der Waals surface area contributed by atoms with Gasteiger partial charge in [0.15, 0.2) is 5.96 Å². The van der Waals surface area contributed by atoms with Crippen molar-refractivity contribution in [2.24, 2.45) is 28.1 Å². The Morgan fingerprint density at radius 3 is 2.27 bits per heavy atom. The summed E-state index contributed by atoms with van der Waals surface area (Å²) < 4.78 is 0. The molecule has 8 N–H and O–H groups in total. The number of amides is 3. The van der Waals surface area contributed by atoms with E-state index in [4.69, 9.17) is 17.2 Å². The maximum absolute atomic E-state index is 13.0. The normalized spacial score (nSPS) is 15.1. The lowest BCUT2D eigenvalue weighted by molar-refractivity contribution is -0.133. The Labute approximate surface area is 196 Å². The molecule has 0 aliphatic heterocycles. The molecule has 0 saturated heterocycles. The summed E-state index contributed by atoms with van der Waals surface area (Å²) >= 11 is 0. The molecule has 0 aliphatic rings. The average molecular weight is 462 g/mol. The van der Waals surface area contributed by atoms with Crippen molar-refractivity contribution in [3.05, 3.63) is 35.9 Å². The zero-order valence-corrected chi connectivity index (χ0v) is 20.1. The van der Waals surface area contributed by atoms with Gasteiger partial charge in [-0.05, 0) is 24.3 Å². The SMILES string of the molecule is CC[C@H](C)[C@H](NC(=O)[C@@H](N)CCCN(C)C(N)=NC)C(=O)NC(Cc1ccccc1)C(N)=O. The standard InChI is InChI=1S/C23H39N7O3/c1-5-15(2)19(29-21(32)17(24)12-9-13-30(4)23(26)27-3)22(33)28-18(20(25)31)14-16-10-7-6-8-11-16/h6-8,10-11,15,17-19H,5,9,12-14,24H2,1-4H3,(H2,25,31)(H2,26,27)(H,28,33)(H,29,32)/t15-,17-,18?,19-/m0/s1. The van der Waals surface area contributed by atoms with Gasteiger partial charge in [0, 0.05) is 27.1 Å². The third-order valence-electron chi connectivity index (χ3n) is 5.70. The van der Waals surface area contributed by atoms with E-state index >= 15 is 0 Å². The zero-order valence-electron chi connectivity index (χ0n) is 20.1. The highest BCUT2D eigenvalue weighted by atomic mass is 16.2. The van der Waals surface area contributed by atoms with Crippen molar-refractivity contribution in [3.8, 4) is 0 Å². The van der Waals surface area contributed by atoms with Crippen molar-refractivity contribution in [1.82, 2.24) is 15.5 Å². The molecule has 184 valence electrons. The Balaban J connectivity index is 2.75. The first-order chi connectivity index (χ1) is 15.6. The molecule has 10 heteroatoms. The topological polar surface area (TPSA) is 169 Å². The first-order valence-electron chi connectivity index (χ1n) is 11.2. The maximum Gasteiger partial charge on any atom is 0.243 e. The van der Waals surface area contributed by atoms with Crippen molar-refractivity contribution >= 4 is 23.7 Å². The fraction of sp³-hybridized carbons (Fsp3) is 0.565. The molecule has 1 aromatic rings. The Bertz CT molecular complexity index is 801. The number of nitrogens with one attached hydrogen (secondary N) is 2. The third kappa shape index (κ3) is 9.48. The predicted molar refractivity (Wildman–Crippen MR) is 130 cm³/mol. The number of aliphatic imine (C=N–C) groups is 1. The van der Waals surface area contributed by atoms with Crippen LogP contribution in [0.3, 0.4) is 0 Å². The Hall–Kier alpha value is -3.14. The average Bonchev–Trinajstić information content (AvgIpc) is 2.80. The van der Waals surface area contributed by atoms with E-state index in [0.29, 0.717) is 31.8 Å². The number of hydrogen-bond donors (Lipinski definition) is 5. The van der Waals surface area contributed by atoms with Gasteiger partial charge in [0.2, 0.25) is 17.7 Å². The molecule has 4 atom stereocenters. The molecule has 0 aromatic heterocycles. The van der Waals surface area contributed by atoms with Gasteiger partial charge in [0.25, 0.3) is 0 Å². The summed E-state index contributed by atoms with van der Waals surface area (Å²) in [4.78, 5) is 43.3. The van der Waals surface area contributed by atoms with Crippen molar-refractivity contribution in [3.63, 3.8) is 0 Å². The van der Waals surface area contributed by atoms with Gasteiger partial charge in [-0.1, -0.05) is 50.6 Å². The number of nitrogens with two attached hydrogens (primary N) is 3. The fourth-order valence-corrected chi connectivity index (χ4v) is 3.26. The summed E-state index contributed by atoms with van der Waals surface area (Å²) in [5.41, 5.74) is 18.2. The first kappa shape index (κ1) is 27.9. The zero-order chi connectivity index (χ0) is 25.0. The van der Waals surface area contributed by atoms with Crippen LogP contribution in [0.2, 0.25) is 0 Å². The minimum Gasteiger partial charge on any atom is -0.370 e. The van der Waals surface area contributed by atoms with Crippen LogP contribution in [0.1, 0.15) is 38.7 Å². The van der Waals surface area contributed by atoms with E-state index in [1.807, 2.05) is 51.2 Å². The maximum atomic E-state index is 13.0. The Kier molecular flexibility index (Phi) is 11.9. The van der Waals surface area contributed by atoms with Gasteiger partial charge in [0.05, 0.1) is 6.04 Å². The van der Waals surface area contributed by atoms with Crippen LogP contribution in [0.4, 0.5) is 0 Å². The molecule has 1 aromatic carbocycles. The summed E-state index contributed by atoms with van der Waals surface area (Å²) in [5.74, 6) is -1.29. The van der Waals surface area contributed by atoms with Gasteiger partial charge in [-0.15, -0.1) is 0 Å². The predicted octanol–water partition coefficient (Wildman–Crippen LogP) is -0.286. The number of carbonyl (C=O) groups excluding carboxylic acids is 3. The minimum absolute atomic E-state index is 0.168. The van der Waals surface area contributed by atoms with Crippen LogP contribution in [0, 0.1) is 5.92 Å². The van der Waals surface area contributed by atoms with Crippen LogP contribution in [0.5, 0.6) is 0 Å². The molecule has 1 rings (SSSR count). The van der Waals surface area contributed by atoms with E-state index in [0.717, 1.165) is 5.56 Å². The van der Waals surface area contributed by atoms with Crippen LogP contribution >= 0.6 is 0 Å². The van der Waals surface area contributed by atoms with Gasteiger partial charge in [0.1, 0.15) is 12.1 Å². The van der Waals surface area contributed by atoms with E-state index in [-0.39, 0.29) is 12.3 Å². The van der Waals surface area contributed by atoms with E-state index in [9.17, 15) is 14.4 Å². The van der Waals surface area contributed by atoms with E-state index in [2.05, 4.69) is 15.6 Å². The quantitative estimate of drug-likeness (QED) is 0.200. The van der Waals surface area contributed by atoms with Crippen molar-refractivity contribution < 1.29 is 14.4 Å². The number of guanidine groups is 1. The highest BCUT2D eigenvalue weighted by Crippen LogP contribution is 2.11. The second-order valence-electron chi connectivity index (χ2n) is 8.28. The number of hydrogen-bond acceptors (Lipinski definition) is 5. The van der Waals surface area contributed by atoms with Crippen LogP contribution in [-0.4, -0.2) is 67.3 Å². The van der Waals surface area contributed by atoms with Gasteiger partial charge in [-0.25, -0.2) is 0 Å². The Morgan fingerprint density at radius 2 is 1.73 bits per heavy atom. The monoisotopic (exact) mass is 461 g/mol. The largest absolute Gasteiger partial charge is 0.370 e. The Morgan fingerprint density at radius 1 is 1.09 bits per heavy atom. The highest BCUT2D eigenvalue weighted by Gasteiger charge is 2.30. The van der Waals surface area contributed by atoms with Gasteiger partial charge in [-0.2, -0.15) is 0 Å². The second kappa shape index (κ2) is 14.1. The first-order valence-corrected chi connectivity index (χ1v) is 11.2. The summed E-state index contributed by atoms with van der Waals surface area (Å²) in [6.45, 7) is 4.37. The van der Waals surface area contributed by atoms with Crippen LogP contribution < -0.4 is 27.8 Å². The lowest BCUT2D eigenvalue weighted by atomic mass is 9.96. The number of benzene rings is 1. The lowest BCUT2D eigenvalue weighted by Crippen LogP contribution is -2.57. The molecule has 0 aliphatic carbocycles. The summed E-state index contributed by atoms with van der Waals surface area (Å²) in [5, 5.41) is 5.46. The van der Waals surface area contributed by atoms with Crippen LogP contribution in [0.15, 0.2) is 35.3 Å². The van der Waals surface area contributed by atoms with E-state index in [1.165, 1.54) is 0 Å². The summed E-state index contributed by atoms with van der Waals surface area (Å²) in [6, 6.07) is 6.76.